The van der Waals surface area contributed by atoms with Crippen molar-refractivity contribution in [3.63, 3.8) is 0 Å². The van der Waals surface area contributed by atoms with Crippen LogP contribution < -0.4 is 5.32 Å². The van der Waals surface area contributed by atoms with Crippen molar-refractivity contribution >= 4 is 41.3 Å². The lowest BCUT2D eigenvalue weighted by Gasteiger charge is -2.37. The molecule has 1 atom stereocenters. The third-order valence-corrected chi connectivity index (χ3v) is 5.29. The monoisotopic (exact) mass is 335 g/mol. The van der Waals surface area contributed by atoms with Crippen molar-refractivity contribution in [3.8, 4) is 0 Å². The van der Waals surface area contributed by atoms with E-state index in [-0.39, 0.29) is 18.3 Å². The second-order valence-electron chi connectivity index (χ2n) is 5.07. The van der Waals surface area contributed by atoms with Gasteiger partial charge in [0.2, 0.25) is 0 Å². The zero-order chi connectivity index (χ0) is 13.2. The van der Waals surface area contributed by atoms with Gasteiger partial charge in [-0.05, 0) is 24.4 Å². The van der Waals surface area contributed by atoms with Crippen LogP contribution in [0.5, 0.6) is 0 Å². The summed E-state index contributed by atoms with van der Waals surface area (Å²) >= 11 is 7.46. The fourth-order valence-electron chi connectivity index (χ4n) is 2.83. The van der Waals surface area contributed by atoms with Gasteiger partial charge in [0.15, 0.2) is 0 Å². The van der Waals surface area contributed by atoms with Gasteiger partial charge in [-0.25, -0.2) is 0 Å². The molecule has 2 fully saturated rings. The van der Waals surface area contributed by atoms with E-state index in [1.807, 2.05) is 10.3 Å². The number of hydrogen-bond acceptors (Lipinski definition) is 4. The molecule has 20 heavy (non-hydrogen) atoms. The van der Waals surface area contributed by atoms with Crippen LogP contribution in [0.15, 0.2) is 11.4 Å². The number of rotatable bonds is 2. The predicted molar refractivity (Wildman–Crippen MR) is 85.3 cm³/mol. The molecule has 0 aliphatic carbocycles. The molecule has 1 aromatic heterocycles. The largest absolute Gasteiger partial charge is 0.335 e. The highest BCUT2D eigenvalue weighted by Gasteiger charge is 2.29. The van der Waals surface area contributed by atoms with E-state index in [0.717, 1.165) is 39.3 Å². The number of hydrogen-bond donors (Lipinski definition) is 1. The molecule has 0 bridgehead atoms. The van der Waals surface area contributed by atoms with Crippen molar-refractivity contribution in [1.82, 2.24) is 15.1 Å². The molecule has 3 rings (SSSR count). The van der Waals surface area contributed by atoms with Gasteiger partial charge in [-0.15, -0.1) is 23.7 Å². The first-order chi connectivity index (χ1) is 9.25. The normalized spacial score (nSPS) is 23.6. The van der Waals surface area contributed by atoms with E-state index >= 15 is 0 Å². The summed E-state index contributed by atoms with van der Waals surface area (Å²) in [5.41, 5.74) is 0. The van der Waals surface area contributed by atoms with E-state index in [9.17, 15) is 4.79 Å². The van der Waals surface area contributed by atoms with Crippen LogP contribution in [0.3, 0.4) is 0 Å². The Kier molecular flexibility index (Phi) is 5.69. The average molecular weight is 336 g/mol. The van der Waals surface area contributed by atoms with Crippen LogP contribution in [0.25, 0.3) is 0 Å². The van der Waals surface area contributed by atoms with Crippen molar-refractivity contribution in [3.05, 3.63) is 21.3 Å². The molecule has 1 aromatic rings. The molecule has 1 amide bonds. The number of carbonyl (C=O) groups excluding carboxylic acids is 1. The maximum absolute atomic E-state index is 12.3. The van der Waals surface area contributed by atoms with Crippen LogP contribution in [0.1, 0.15) is 16.1 Å². The molecular weight excluding hydrogens is 317 g/mol. The minimum atomic E-state index is 0. The van der Waals surface area contributed by atoms with Gasteiger partial charge in [0.1, 0.15) is 4.88 Å². The number of piperazine rings is 1. The zero-order valence-electron chi connectivity index (χ0n) is 11.2. The molecule has 0 aromatic carbocycles. The van der Waals surface area contributed by atoms with Crippen LogP contribution in [-0.2, 0) is 0 Å². The molecule has 3 heterocycles. The quantitative estimate of drug-likeness (QED) is 0.897. The Labute approximate surface area is 134 Å². The Balaban J connectivity index is 0.00000147. The lowest BCUT2D eigenvalue weighted by molar-refractivity contribution is 0.0588. The molecule has 0 radical (unpaired) electrons. The Morgan fingerprint density at radius 2 is 2.10 bits per heavy atom. The van der Waals surface area contributed by atoms with Gasteiger partial charge in [-0.2, -0.15) is 0 Å². The lowest BCUT2D eigenvalue weighted by atomic mass is 10.2. The summed E-state index contributed by atoms with van der Waals surface area (Å²) in [6.07, 6.45) is 1.23. The Morgan fingerprint density at radius 3 is 2.65 bits per heavy atom. The van der Waals surface area contributed by atoms with E-state index in [1.54, 1.807) is 6.07 Å². The first-order valence-electron chi connectivity index (χ1n) is 6.73. The number of halogens is 2. The number of amides is 1. The van der Waals surface area contributed by atoms with E-state index in [1.165, 1.54) is 17.8 Å². The summed E-state index contributed by atoms with van der Waals surface area (Å²) in [4.78, 5) is 17.4. The molecule has 7 heteroatoms. The fourth-order valence-corrected chi connectivity index (χ4v) is 3.93. The molecule has 2 aliphatic heterocycles. The van der Waals surface area contributed by atoms with Gasteiger partial charge in [0.05, 0.1) is 5.02 Å². The fraction of sp³-hybridized carbons (Fsp3) is 0.615. The average Bonchev–Trinajstić information content (AvgIpc) is 3.09. The standard InChI is InChI=1S/C13H18ClN3OS.ClH/c14-11-2-8-19-12(11)13(18)17-6-4-16(5-7-17)10-1-3-15-9-10;/h2,8,10,15H,1,3-7,9H2;1H. The number of thiophene rings is 1. The third-order valence-electron chi connectivity index (χ3n) is 3.96. The molecule has 1 N–H and O–H groups in total. The summed E-state index contributed by atoms with van der Waals surface area (Å²) in [5, 5.41) is 5.85. The van der Waals surface area contributed by atoms with Crippen LogP contribution in [-0.4, -0.2) is 61.0 Å². The summed E-state index contributed by atoms with van der Waals surface area (Å²) < 4.78 is 0. The smallest absolute Gasteiger partial charge is 0.265 e. The maximum Gasteiger partial charge on any atom is 0.265 e. The highest BCUT2D eigenvalue weighted by Crippen LogP contribution is 2.24. The van der Waals surface area contributed by atoms with Crippen LogP contribution in [0.4, 0.5) is 0 Å². The van der Waals surface area contributed by atoms with Crippen molar-refractivity contribution < 1.29 is 4.79 Å². The SMILES string of the molecule is Cl.O=C(c1sccc1Cl)N1CCN(C2CCNC2)CC1. The molecule has 2 aliphatic rings. The van der Waals surface area contributed by atoms with Gasteiger partial charge in [0.25, 0.3) is 5.91 Å². The molecule has 0 saturated carbocycles. The van der Waals surface area contributed by atoms with Gasteiger partial charge in [-0.1, -0.05) is 11.6 Å². The first kappa shape index (κ1) is 16.0. The second kappa shape index (κ2) is 7.09. The van der Waals surface area contributed by atoms with E-state index in [2.05, 4.69) is 10.2 Å². The summed E-state index contributed by atoms with van der Waals surface area (Å²) in [7, 11) is 0. The second-order valence-corrected chi connectivity index (χ2v) is 6.40. The molecule has 4 nitrogen and oxygen atoms in total. The van der Waals surface area contributed by atoms with E-state index < -0.39 is 0 Å². The van der Waals surface area contributed by atoms with Crippen LogP contribution in [0.2, 0.25) is 5.02 Å². The van der Waals surface area contributed by atoms with Crippen molar-refractivity contribution in [1.29, 1.82) is 0 Å². The number of carbonyl (C=O) groups is 1. The predicted octanol–water partition coefficient (Wildman–Crippen LogP) is 1.94. The van der Waals surface area contributed by atoms with Gasteiger partial charge >= 0.3 is 0 Å². The van der Waals surface area contributed by atoms with E-state index in [0.29, 0.717) is 15.9 Å². The first-order valence-corrected chi connectivity index (χ1v) is 7.98. The molecule has 2 saturated heterocycles. The number of nitrogens with zero attached hydrogens (tertiary/aromatic N) is 2. The zero-order valence-corrected chi connectivity index (χ0v) is 13.6. The summed E-state index contributed by atoms with van der Waals surface area (Å²) in [5.74, 6) is 0.0872. The minimum Gasteiger partial charge on any atom is -0.335 e. The Bertz CT molecular complexity index is 454. The molecular formula is C13H19Cl2N3OS. The highest BCUT2D eigenvalue weighted by molar-refractivity contribution is 7.12. The lowest BCUT2D eigenvalue weighted by Crippen LogP contribution is -2.52. The Hall–Kier alpha value is -0.330. The summed E-state index contributed by atoms with van der Waals surface area (Å²) in [6.45, 7) is 5.77. The van der Waals surface area contributed by atoms with Crippen LogP contribution in [0, 0.1) is 0 Å². The summed E-state index contributed by atoms with van der Waals surface area (Å²) in [6, 6.07) is 2.45. The van der Waals surface area contributed by atoms with Gasteiger partial charge < -0.3 is 10.2 Å². The van der Waals surface area contributed by atoms with Crippen molar-refractivity contribution in [2.75, 3.05) is 39.3 Å². The van der Waals surface area contributed by atoms with E-state index in [4.69, 9.17) is 11.6 Å². The Morgan fingerprint density at radius 1 is 1.35 bits per heavy atom. The molecule has 1 unspecified atom stereocenters. The van der Waals surface area contributed by atoms with Gasteiger partial charge in [-0.3, -0.25) is 9.69 Å². The van der Waals surface area contributed by atoms with Crippen molar-refractivity contribution in [2.45, 2.75) is 12.5 Å². The molecule has 112 valence electrons. The number of nitrogens with one attached hydrogen (secondary N) is 1. The van der Waals surface area contributed by atoms with Gasteiger partial charge in [0, 0.05) is 38.8 Å². The minimum absolute atomic E-state index is 0. The topological polar surface area (TPSA) is 35.6 Å². The van der Waals surface area contributed by atoms with Crippen LogP contribution >= 0.6 is 35.3 Å². The molecule has 0 spiro atoms. The third kappa shape index (κ3) is 3.28. The highest BCUT2D eigenvalue weighted by atomic mass is 35.5. The maximum atomic E-state index is 12.3. The van der Waals surface area contributed by atoms with Crippen molar-refractivity contribution in [2.24, 2.45) is 0 Å².